The fraction of sp³-hybridized carbons (Fsp3) is 0.647. The van der Waals surface area contributed by atoms with Gasteiger partial charge >= 0.3 is 0 Å². The predicted molar refractivity (Wildman–Crippen MR) is 88.8 cm³/mol. The largest absolute Gasteiger partial charge is 0.369 e. The first-order valence-corrected chi connectivity index (χ1v) is 8.34. The molecule has 3 heteroatoms. The van der Waals surface area contributed by atoms with Crippen LogP contribution in [0, 0.1) is 0 Å². The molecule has 1 aromatic carbocycles. The molecule has 1 aliphatic carbocycles. The van der Waals surface area contributed by atoms with E-state index in [1.807, 2.05) is 0 Å². The summed E-state index contributed by atoms with van der Waals surface area (Å²) in [5, 5.41) is 4.39. The maximum Gasteiger partial charge on any atom is 0.0474 e. The van der Waals surface area contributed by atoms with Crippen molar-refractivity contribution >= 4 is 17.3 Å². The van der Waals surface area contributed by atoms with Crippen LogP contribution in [0.1, 0.15) is 58.1 Å². The summed E-state index contributed by atoms with van der Waals surface area (Å²) in [6.07, 6.45) is 4.98. The summed E-state index contributed by atoms with van der Waals surface area (Å²) in [7, 11) is 0. The summed E-state index contributed by atoms with van der Waals surface area (Å²) in [5.74, 6) is 0. The highest BCUT2D eigenvalue weighted by Crippen LogP contribution is 2.34. The number of anilines is 1. The summed E-state index contributed by atoms with van der Waals surface area (Å²) < 4.78 is 0. The number of nitrogens with one attached hydrogen (secondary N) is 1. The van der Waals surface area contributed by atoms with Crippen molar-refractivity contribution in [2.45, 2.75) is 58.5 Å². The Morgan fingerprint density at radius 1 is 1.30 bits per heavy atom. The standard InChI is InChI=1S/C17H27ClN2/c1-4-10-19-13(3)16-9-8-15(12-17(16)18)20(11-5-2)14-6-7-14/h8-9,12-14,19H,4-7,10-11H2,1-3H3. The van der Waals surface area contributed by atoms with Gasteiger partial charge in [0.1, 0.15) is 0 Å². The second-order valence-corrected chi connectivity index (χ2v) is 6.21. The van der Waals surface area contributed by atoms with Gasteiger partial charge in [0.2, 0.25) is 0 Å². The van der Waals surface area contributed by atoms with E-state index in [0.717, 1.165) is 30.6 Å². The van der Waals surface area contributed by atoms with E-state index >= 15 is 0 Å². The van der Waals surface area contributed by atoms with Crippen LogP contribution in [0.3, 0.4) is 0 Å². The van der Waals surface area contributed by atoms with E-state index in [4.69, 9.17) is 11.6 Å². The van der Waals surface area contributed by atoms with Gasteiger partial charge in [0.25, 0.3) is 0 Å². The first kappa shape index (κ1) is 15.7. The zero-order chi connectivity index (χ0) is 14.5. The molecule has 20 heavy (non-hydrogen) atoms. The summed E-state index contributed by atoms with van der Waals surface area (Å²) in [6.45, 7) is 8.76. The Balaban J connectivity index is 2.11. The number of hydrogen-bond donors (Lipinski definition) is 1. The van der Waals surface area contributed by atoms with Crippen molar-refractivity contribution < 1.29 is 0 Å². The number of nitrogens with zero attached hydrogens (tertiary/aromatic N) is 1. The summed E-state index contributed by atoms with van der Waals surface area (Å²) in [4.78, 5) is 2.51. The minimum atomic E-state index is 0.317. The molecular formula is C17H27ClN2. The summed E-state index contributed by atoms with van der Waals surface area (Å²) in [6, 6.07) is 7.63. The molecule has 0 bridgehead atoms. The molecule has 2 nitrogen and oxygen atoms in total. The van der Waals surface area contributed by atoms with E-state index < -0.39 is 0 Å². The summed E-state index contributed by atoms with van der Waals surface area (Å²) in [5.41, 5.74) is 2.49. The smallest absolute Gasteiger partial charge is 0.0474 e. The minimum absolute atomic E-state index is 0.317. The highest BCUT2D eigenvalue weighted by atomic mass is 35.5. The molecule has 0 amide bonds. The third-order valence-electron chi connectivity index (χ3n) is 3.93. The Morgan fingerprint density at radius 3 is 2.60 bits per heavy atom. The van der Waals surface area contributed by atoms with Crippen molar-refractivity contribution in [2.75, 3.05) is 18.0 Å². The molecule has 1 aromatic rings. The van der Waals surface area contributed by atoms with E-state index in [1.165, 1.54) is 30.5 Å². The van der Waals surface area contributed by atoms with Crippen LogP contribution in [0.5, 0.6) is 0 Å². The SMILES string of the molecule is CCCNC(C)c1ccc(N(CCC)C2CC2)cc1Cl. The van der Waals surface area contributed by atoms with Crippen LogP contribution >= 0.6 is 11.6 Å². The molecule has 1 N–H and O–H groups in total. The van der Waals surface area contributed by atoms with Crippen LogP contribution in [0.2, 0.25) is 5.02 Å². The molecule has 0 radical (unpaired) electrons. The Hall–Kier alpha value is -0.730. The molecule has 0 heterocycles. The molecule has 0 spiro atoms. The minimum Gasteiger partial charge on any atom is -0.369 e. The van der Waals surface area contributed by atoms with Gasteiger partial charge in [-0.3, -0.25) is 0 Å². The van der Waals surface area contributed by atoms with Crippen molar-refractivity contribution in [1.29, 1.82) is 0 Å². The van der Waals surface area contributed by atoms with Gasteiger partial charge in [-0.15, -0.1) is 0 Å². The molecule has 0 saturated heterocycles. The topological polar surface area (TPSA) is 15.3 Å². The predicted octanol–water partition coefficient (Wildman–Crippen LogP) is 4.78. The molecule has 112 valence electrons. The Kier molecular flexibility index (Phi) is 5.74. The molecule has 1 saturated carbocycles. The average Bonchev–Trinajstić information content (AvgIpc) is 3.26. The van der Waals surface area contributed by atoms with E-state index in [0.29, 0.717) is 6.04 Å². The van der Waals surface area contributed by atoms with Gasteiger partial charge in [0.05, 0.1) is 0 Å². The molecule has 1 atom stereocenters. The van der Waals surface area contributed by atoms with Crippen molar-refractivity contribution in [1.82, 2.24) is 5.32 Å². The van der Waals surface area contributed by atoms with Crippen LogP contribution in [-0.2, 0) is 0 Å². The van der Waals surface area contributed by atoms with E-state index in [-0.39, 0.29) is 0 Å². The normalized spacial score (nSPS) is 16.2. The van der Waals surface area contributed by atoms with Gasteiger partial charge in [-0.25, -0.2) is 0 Å². The number of rotatable bonds is 8. The van der Waals surface area contributed by atoms with Gasteiger partial charge in [0, 0.05) is 29.3 Å². The molecular weight excluding hydrogens is 268 g/mol. The lowest BCUT2D eigenvalue weighted by atomic mass is 10.1. The first-order valence-electron chi connectivity index (χ1n) is 7.96. The van der Waals surface area contributed by atoms with Crippen LogP contribution in [-0.4, -0.2) is 19.1 Å². The maximum atomic E-state index is 6.51. The molecule has 0 aliphatic heterocycles. The Morgan fingerprint density at radius 2 is 2.05 bits per heavy atom. The van der Waals surface area contributed by atoms with Crippen molar-refractivity contribution in [3.63, 3.8) is 0 Å². The molecule has 0 aromatic heterocycles. The third-order valence-corrected chi connectivity index (χ3v) is 4.26. The first-order chi connectivity index (χ1) is 9.67. The summed E-state index contributed by atoms with van der Waals surface area (Å²) >= 11 is 6.51. The highest BCUT2D eigenvalue weighted by Gasteiger charge is 2.28. The van der Waals surface area contributed by atoms with Crippen LogP contribution in [0.25, 0.3) is 0 Å². The van der Waals surface area contributed by atoms with Gasteiger partial charge in [-0.05, 0) is 56.8 Å². The molecule has 1 aliphatic rings. The zero-order valence-corrected chi connectivity index (χ0v) is 13.7. The fourth-order valence-electron chi connectivity index (χ4n) is 2.67. The van der Waals surface area contributed by atoms with E-state index in [2.05, 4.69) is 49.2 Å². The van der Waals surface area contributed by atoms with Gasteiger partial charge in [-0.1, -0.05) is 31.5 Å². The lowest BCUT2D eigenvalue weighted by molar-refractivity contribution is 0.571. The van der Waals surface area contributed by atoms with Gasteiger partial charge in [0.15, 0.2) is 0 Å². The highest BCUT2D eigenvalue weighted by molar-refractivity contribution is 6.31. The van der Waals surface area contributed by atoms with Gasteiger partial charge in [-0.2, -0.15) is 0 Å². The molecule has 2 rings (SSSR count). The molecule has 1 fully saturated rings. The lowest BCUT2D eigenvalue weighted by Gasteiger charge is -2.25. The number of benzene rings is 1. The Labute approximate surface area is 128 Å². The van der Waals surface area contributed by atoms with Crippen LogP contribution in [0.15, 0.2) is 18.2 Å². The van der Waals surface area contributed by atoms with Crippen molar-refractivity contribution in [3.05, 3.63) is 28.8 Å². The quantitative estimate of drug-likeness (QED) is 0.742. The van der Waals surface area contributed by atoms with Crippen molar-refractivity contribution in [3.8, 4) is 0 Å². The second-order valence-electron chi connectivity index (χ2n) is 5.81. The number of hydrogen-bond acceptors (Lipinski definition) is 2. The van der Waals surface area contributed by atoms with Crippen LogP contribution < -0.4 is 10.2 Å². The zero-order valence-electron chi connectivity index (χ0n) is 13.0. The van der Waals surface area contributed by atoms with E-state index in [9.17, 15) is 0 Å². The number of halogens is 1. The molecule has 1 unspecified atom stereocenters. The third kappa shape index (κ3) is 3.89. The van der Waals surface area contributed by atoms with Crippen LogP contribution in [0.4, 0.5) is 5.69 Å². The average molecular weight is 295 g/mol. The lowest BCUT2D eigenvalue weighted by Crippen LogP contribution is -2.26. The van der Waals surface area contributed by atoms with Gasteiger partial charge < -0.3 is 10.2 Å². The fourth-order valence-corrected chi connectivity index (χ4v) is 3.00. The second kappa shape index (κ2) is 7.33. The maximum absolute atomic E-state index is 6.51. The van der Waals surface area contributed by atoms with E-state index in [1.54, 1.807) is 0 Å². The van der Waals surface area contributed by atoms with Crippen molar-refractivity contribution in [2.24, 2.45) is 0 Å². The monoisotopic (exact) mass is 294 g/mol. The Bertz CT molecular complexity index is 429.